The minimum atomic E-state index is -0.189. The van der Waals surface area contributed by atoms with E-state index in [4.69, 9.17) is 4.74 Å². The van der Waals surface area contributed by atoms with E-state index in [0.717, 1.165) is 4.88 Å². The third kappa shape index (κ3) is 2.90. The van der Waals surface area contributed by atoms with Crippen LogP contribution in [0.1, 0.15) is 28.2 Å². The smallest absolute Gasteiger partial charge is 0.262 e. The van der Waals surface area contributed by atoms with Gasteiger partial charge in [0.05, 0.1) is 11.7 Å². The van der Waals surface area contributed by atoms with Gasteiger partial charge in [0.2, 0.25) is 0 Å². The van der Waals surface area contributed by atoms with Crippen molar-refractivity contribution < 1.29 is 14.3 Å². The van der Waals surface area contributed by atoms with E-state index in [9.17, 15) is 9.59 Å². The lowest BCUT2D eigenvalue weighted by Crippen LogP contribution is -2.28. The van der Waals surface area contributed by atoms with Crippen molar-refractivity contribution in [2.45, 2.75) is 13.0 Å². The summed E-state index contributed by atoms with van der Waals surface area (Å²) in [4.78, 5) is 24.6. The molecule has 1 unspecified atom stereocenters. The Morgan fingerprint density at radius 1 is 1.43 bits per heavy atom. The summed E-state index contributed by atoms with van der Waals surface area (Å²) in [7, 11) is 0. The van der Waals surface area contributed by atoms with Crippen molar-refractivity contribution >= 4 is 28.8 Å². The van der Waals surface area contributed by atoms with Crippen molar-refractivity contribution in [2.75, 3.05) is 11.9 Å². The zero-order chi connectivity index (χ0) is 14.8. The van der Waals surface area contributed by atoms with Gasteiger partial charge >= 0.3 is 0 Å². The summed E-state index contributed by atoms with van der Waals surface area (Å²) in [5.74, 6) is 0.163. The molecule has 108 valence electrons. The van der Waals surface area contributed by atoms with Crippen molar-refractivity contribution in [3.05, 3.63) is 46.2 Å². The zero-order valence-corrected chi connectivity index (χ0v) is 12.2. The van der Waals surface area contributed by atoms with E-state index < -0.39 is 0 Å². The van der Waals surface area contributed by atoms with Gasteiger partial charge in [0.15, 0.2) is 6.61 Å². The first-order valence-corrected chi connectivity index (χ1v) is 7.42. The van der Waals surface area contributed by atoms with Crippen LogP contribution in [0.4, 0.5) is 5.69 Å². The summed E-state index contributed by atoms with van der Waals surface area (Å²) in [6.07, 6.45) is 0. The topological polar surface area (TPSA) is 67.4 Å². The molecule has 1 aliphatic rings. The predicted molar refractivity (Wildman–Crippen MR) is 80.8 cm³/mol. The monoisotopic (exact) mass is 302 g/mol. The van der Waals surface area contributed by atoms with E-state index >= 15 is 0 Å². The van der Waals surface area contributed by atoms with Crippen molar-refractivity contribution in [2.24, 2.45) is 0 Å². The van der Waals surface area contributed by atoms with Gasteiger partial charge in [-0.25, -0.2) is 0 Å². The Labute approximate surface area is 125 Å². The quantitative estimate of drug-likeness (QED) is 0.915. The summed E-state index contributed by atoms with van der Waals surface area (Å²) in [6, 6.07) is 8.89. The van der Waals surface area contributed by atoms with Gasteiger partial charge in [-0.15, -0.1) is 11.3 Å². The maximum atomic E-state index is 12.3. The zero-order valence-electron chi connectivity index (χ0n) is 11.4. The Bertz CT molecular complexity index is 682. The predicted octanol–water partition coefficient (Wildman–Crippen LogP) is 2.57. The van der Waals surface area contributed by atoms with Gasteiger partial charge in [-0.3, -0.25) is 9.59 Å². The average molecular weight is 302 g/mol. The molecule has 3 rings (SSSR count). The first kappa shape index (κ1) is 13.6. The number of carbonyl (C=O) groups is 2. The lowest BCUT2D eigenvalue weighted by atomic mass is 10.1. The second-order valence-corrected chi connectivity index (χ2v) is 5.74. The highest BCUT2D eigenvalue weighted by atomic mass is 32.1. The number of carbonyl (C=O) groups excluding carboxylic acids is 2. The number of thiophene rings is 1. The van der Waals surface area contributed by atoms with Gasteiger partial charge < -0.3 is 15.4 Å². The van der Waals surface area contributed by atoms with Crippen molar-refractivity contribution in [3.8, 4) is 5.75 Å². The molecule has 5 nitrogen and oxygen atoms in total. The fourth-order valence-corrected chi connectivity index (χ4v) is 2.84. The molecule has 2 aromatic rings. The van der Waals surface area contributed by atoms with Gasteiger partial charge in [0, 0.05) is 10.4 Å². The van der Waals surface area contributed by atoms with Crippen LogP contribution in [0.3, 0.4) is 0 Å². The fraction of sp³-hybridized carbons (Fsp3) is 0.200. The van der Waals surface area contributed by atoms with Gasteiger partial charge in [-0.1, -0.05) is 6.07 Å². The number of anilines is 1. The number of rotatable bonds is 3. The maximum absolute atomic E-state index is 12.3. The summed E-state index contributed by atoms with van der Waals surface area (Å²) in [5.41, 5.74) is 1.10. The highest BCUT2D eigenvalue weighted by molar-refractivity contribution is 7.10. The summed E-state index contributed by atoms with van der Waals surface area (Å²) in [6.45, 7) is 1.92. The molecule has 0 saturated heterocycles. The molecule has 21 heavy (non-hydrogen) atoms. The van der Waals surface area contributed by atoms with Crippen LogP contribution in [0, 0.1) is 0 Å². The van der Waals surface area contributed by atoms with E-state index in [1.54, 1.807) is 29.5 Å². The third-order valence-electron chi connectivity index (χ3n) is 3.19. The van der Waals surface area contributed by atoms with Crippen LogP contribution in [-0.2, 0) is 4.79 Å². The average Bonchev–Trinajstić information content (AvgIpc) is 3.01. The summed E-state index contributed by atoms with van der Waals surface area (Å²) < 4.78 is 5.31. The Kier molecular flexibility index (Phi) is 3.62. The first-order valence-electron chi connectivity index (χ1n) is 6.54. The molecule has 1 aromatic heterocycles. The van der Waals surface area contributed by atoms with E-state index in [0.29, 0.717) is 17.0 Å². The SMILES string of the molecule is CC(NC(=O)c1ccc2c(c1)OCC(=O)N2)c1cccs1. The van der Waals surface area contributed by atoms with Crippen LogP contribution in [0.2, 0.25) is 0 Å². The highest BCUT2D eigenvalue weighted by Gasteiger charge is 2.18. The minimum absolute atomic E-state index is 0.0241. The number of benzene rings is 1. The first-order chi connectivity index (χ1) is 10.1. The van der Waals surface area contributed by atoms with Crippen LogP contribution in [0.25, 0.3) is 0 Å². The Morgan fingerprint density at radius 2 is 2.29 bits per heavy atom. The Morgan fingerprint density at radius 3 is 3.05 bits per heavy atom. The largest absolute Gasteiger partial charge is 0.482 e. The molecule has 0 saturated carbocycles. The Balaban J connectivity index is 1.75. The third-order valence-corrected chi connectivity index (χ3v) is 4.25. The number of hydrogen-bond donors (Lipinski definition) is 2. The van der Waals surface area contributed by atoms with Gasteiger partial charge in [-0.05, 0) is 36.6 Å². The van der Waals surface area contributed by atoms with Crippen molar-refractivity contribution in [1.29, 1.82) is 0 Å². The molecule has 2 N–H and O–H groups in total. The highest BCUT2D eigenvalue weighted by Crippen LogP contribution is 2.28. The molecule has 2 heterocycles. The number of fused-ring (bicyclic) bond motifs is 1. The van der Waals surface area contributed by atoms with Crippen LogP contribution < -0.4 is 15.4 Å². The fourth-order valence-electron chi connectivity index (χ4n) is 2.10. The molecule has 0 aliphatic carbocycles. The molecule has 2 amide bonds. The minimum Gasteiger partial charge on any atom is -0.482 e. The molecular formula is C15H14N2O3S. The standard InChI is InChI=1S/C15H14N2O3S/c1-9(13-3-2-6-21-13)16-15(19)10-4-5-11-12(7-10)20-8-14(18)17-11/h2-7,9H,8H2,1H3,(H,16,19)(H,17,18). The molecular weight excluding hydrogens is 288 g/mol. The van der Waals surface area contributed by atoms with Gasteiger partial charge in [0.25, 0.3) is 11.8 Å². The number of hydrogen-bond acceptors (Lipinski definition) is 4. The molecule has 1 atom stereocenters. The summed E-state index contributed by atoms with van der Waals surface area (Å²) in [5, 5.41) is 7.62. The van der Waals surface area contributed by atoms with Crippen LogP contribution in [-0.4, -0.2) is 18.4 Å². The Hall–Kier alpha value is -2.34. The van der Waals surface area contributed by atoms with Crippen LogP contribution >= 0.6 is 11.3 Å². The number of amides is 2. The van der Waals surface area contributed by atoms with E-state index in [1.165, 1.54) is 0 Å². The normalized spacial score (nSPS) is 14.6. The molecule has 6 heteroatoms. The van der Waals surface area contributed by atoms with E-state index in [1.807, 2.05) is 24.4 Å². The van der Waals surface area contributed by atoms with E-state index in [-0.39, 0.29) is 24.5 Å². The molecule has 0 spiro atoms. The molecule has 0 bridgehead atoms. The number of ether oxygens (including phenoxy) is 1. The molecule has 1 aliphatic heterocycles. The molecule has 0 radical (unpaired) electrons. The molecule has 1 aromatic carbocycles. The lowest BCUT2D eigenvalue weighted by molar-refractivity contribution is -0.118. The van der Waals surface area contributed by atoms with Crippen LogP contribution in [0.15, 0.2) is 35.7 Å². The van der Waals surface area contributed by atoms with Crippen molar-refractivity contribution in [3.63, 3.8) is 0 Å². The van der Waals surface area contributed by atoms with Crippen molar-refractivity contribution in [1.82, 2.24) is 5.32 Å². The van der Waals surface area contributed by atoms with Gasteiger partial charge in [-0.2, -0.15) is 0 Å². The summed E-state index contributed by atoms with van der Waals surface area (Å²) >= 11 is 1.60. The second-order valence-electron chi connectivity index (χ2n) is 4.76. The second kappa shape index (κ2) is 5.57. The maximum Gasteiger partial charge on any atom is 0.262 e. The molecule has 0 fully saturated rings. The van der Waals surface area contributed by atoms with Gasteiger partial charge in [0.1, 0.15) is 5.75 Å². The van der Waals surface area contributed by atoms with Crippen LogP contribution in [0.5, 0.6) is 5.75 Å². The lowest BCUT2D eigenvalue weighted by Gasteiger charge is -2.19. The number of nitrogens with one attached hydrogen (secondary N) is 2. The van der Waals surface area contributed by atoms with E-state index in [2.05, 4.69) is 10.6 Å².